The van der Waals surface area contributed by atoms with Crippen molar-refractivity contribution in [1.29, 1.82) is 0 Å². The highest BCUT2D eigenvalue weighted by atomic mass is 79.9. The van der Waals surface area contributed by atoms with Crippen LogP contribution in [0.15, 0.2) is 46.9 Å². The van der Waals surface area contributed by atoms with E-state index in [1.54, 1.807) is 6.07 Å². The first-order valence-electron chi connectivity index (χ1n) is 6.54. The lowest BCUT2D eigenvalue weighted by Gasteiger charge is -2.20. The van der Waals surface area contributed by atoms with Gasteiger partial charge in [0.2, 0.25) is 0 Å². The third kappa shape index (κ3) is 3.60. The number of hydrogen-bond donors (Lipinski definition) is 1. The number of rotatable bonds is 5. The molecule has 2 rings (SSSR count). The molecule has 0 aliphatic carbocycles. The van der Waals surface area contributed by atoms with Gasteiger partial charge in [0.1, 0.15) is 5.82 Å². The summed E-state index contributed by atoms with van der Waals surface area (Å²) in [5, 5.41) is 4.05. The number of hydrogen-bond acceptors (Lipinski definition) is 1. The Morgan fingerprint density at radius 1 is 1.20 bits per heavy atom. The molecule has 0 saturated heterocycles. The zero-order valence-electron chi connectivity index (χ0n) is 11.2. The number of likely N-dealkylation sites (N-methyl/N-ethyl adjacent to an activating group) is 1. The highest BCUT2D eigenvalue weighted by Crippen LogP contribution is 2.32. The van der Waals surface area contributed by atoms with Crippen LogP contribution in [-0.2, 0) is 6.42 Å². The van der Waals surface area contributed by atoms with E-state index in [1.807, 2.05) is 37.3 Å². The molecule has 0 heterocycles. The zero-order valence-corrected chi connectivity index (χ0v) is 13.5. The van der Waals surface area contributed by atoms with Crippen LogP contribution in [0.5, 0.6) is 0 Å². The summed E-state index contributed by atoms with van der Waals surface area (Å²) in [5.74, 6) is -0.179. The maximum Gasteiger partial charge on any atom is 0.126 e. The minimum Gasteiger partial charge on any atom is -0.310 e. The fourth-order valence-electron chi connectivity index (χ4n) is 2.21. The summed E-state index contributed by atoms with van der Waals surface area (Å²) >= 11 is 9.78. The van der Waals surface area contributed by atoms with Gasteiger partial charge in [-0.25, -0.2) is 4.39 Å². The fraction of sp³-hybridized carbons (Fsp3) is 0.250. The molecule has 0 bridgehead atoms. The largest absolute Gasteiger partial charge is 0.310 e. The van der Waals surface area contributed by atoms with Crippen LogP contribution in [0.1, 0.15) is 24.1 Å². The summed E-state index contributed by atoms with van der Waals surface area (Å²) in [6.07, 6.45) is 0.566. The van der Waals surface area contributed by atoms with Crippen molar-refractivity contribution in [1.82, 2.24) is 5.32 Å². The quantitative estimate of drug-likeness (QED) is 0.782. The Morgan fingerprint density at radius 3 is 2.65 bits per heavy atom. The standard InChI is InChI=1S/C16H16BrClFN/c1-2-20-15(10-11-6-3-4-9-14(11)19)12-7-5-8-13(17)16(12)18/h3-9,15,20H,2,10H2,1H3. The van der Waals surface area contributed by atoms with Crippen molar-refractivity contribution in [2.24, 2.45) is 0 Å². The first kappa shape index (κ1) is 15.5. The molecule has 1 nitrogen and oxygen atoms in total. The molecule has 4 heteroatoms. The van der Waals surface area contributed by atoms with Gasteiger partial charge in [-0.05, 0) is 52.2 Å². The number of halogens is 3. The zero-order chi connectivity index (χ0) is 14.5. The van der Waals surface area contributed by atoms with Gasteiger partial charge in [0.25, 0.3) is 0 Å². The molecule has 20 heavy (non-hydrogen) atoms. The number of benzene rings is 2. The summed E-state index contributed by atoms with van der Waals surface area (Å²) in [6, 6.07) is 12.7. The first-order chi connectivity index (χ1) is 9.63. The predicted molar refractivity (Wildman–Crippen MR) is 85.7 cm³/mol. The van der Waals surface area contributed by atoms with Crippen molar-refractivity contribution in [3.63, 3.8) is 0 Å². The predicted octanol–water partition coefficient (Wildman–Crippen LogP) is 5.13. The summed E-state index contributed by atoms with van der Waals surface area (Å²) in [6.45, 7) is 2.82. The summed E-state index contributed by atoms with van der Waals surface area (Å²) in [7, 11) is 0. The van der Waals surface area contributed by atoms with E-state index in [0.29, 0.717) is 17.0 Å². The van der Waals surface area contributed by atoms with E-state index in [2.05, 4.69) is 21.2 Å². The van der Waals surface area contributed by atoms with Gasteiger partial charge in [0.15, 0.2) is 0 Å². The van der Waals surface area contributed by atoms with E-state index in [4.69, 9.17) is 11.6 Å². The Bertz CT molecular complexity index is 588. The molecule has 0 aliphatic heterocycles. The highest BCUT2D eigenvalue weighted by Gasteiger charge is 2.17. The third-order valence-corrected chi connectivity index (χ3v) is 4.50. The lowest BCUT2D eigenvalue weighted by atomic mass is 9.98. The molecule has 0 aromatic heterocycles. The minimum atomic E-state index is -0.179. The lowest BCUT2D eigenvalue weighted by molar-refractivity contribution is 0.528. The van der Waals surface area contributed by atoms with Gasteiger partial charge in [-0.1, -0.05) is 48.9 Å². The Kier molecular flexibility index (Phi) is 5.58. The Balaban J connectivity index is 2.32. The molecule has 2 aromatic carbocycles. The van der Waals surface area contributed by atoms with Crippen LogP contribution in [0, 0.1) is 5.82 Å². The topological polar surface area (TPSA) is 12.0 Å². The van der Waals surface area contributed by atoms with Crippen LogP contribution in [0.25, 0.3) is 0 Å². The summed E-state index contributed by atoms with van der Waals surface area (Å²) in [5.41, 5.74) is 1.67. The van der Waals surface area contributed by atoms with E-state index in [9.17, 15) is 4.39 Å². The SMILES string of the molecule is CCNC(Cc1ccccc1F)c1cccc(Br)c1Cl. The van der Waals surface area contributed by atoms with Gasteiger partial charge in [-0.15, -0.1) is 0 Å². The molecule has 0 aliphatic rings. The van der Waals surface area contributed by atoms with E-state index in [0.717, 1.165) is 16.6 Å². The van der Waals surface area contributed by atoms with Crippen LogP contribution >= 0.6 is 27.5 Å². The molecule has 2 aromatic rings. The summed E-state index contributed by atoms with van der Waals surface area (Å²) < 4.78 is 14.7. The highest BCUT2D eigenvalue weighted by molar-refractivity contribution is 9.10. The van der Waals surface area contributed by atoms with E-state index < -0.39 is 0 Å². The van der Waals surface area contributed by atoms with Gasteiger partial charge >= 0.3 is 0 Å². The molecular weight excluding hydrogens is 341 g/mol. The molecule has 0 amide bonds. The van der Waals surface area contributed by atoms with Gasteiger partial charge in [-0.2, -0.15) is 0 Å². The first-order valence-corrected chi connectivity index (χ1v) is 7.71. The van der Waals surface area contributed by atoms with Crippen molar-refractivity contribution in [3.8, 4) is 0 Å². The van der Waals surface area contributed by atoms with E-state index in [1.165, 1.54) is 6.07 Å². The maximum absolute atomic E-state index is 13.8. The number of nitrogens with one attached hydrogen (secondary N) is 1. The van der Waals surface area contributed by atoms with Gasteiger partial charge in [0.05, 0.1) is 5.02 Å². The van der Waals surface area contributed by atoms with Crippen LogP contribution < -0.4 is 5.32 Å². The molecule has 1 unspecified atom stereocenters. The van der Waals surface area contributed by atoms with Crippen LogP contribution in [0.2, 0.25) is 5.02 Å². The van der Waals surface area contributed by atoms with Gasteiger partial charge in [-0.3, -0.25) is 0 Å². The Labute approximate surface area is 132 Å². The van der Waals surface area contributed by atoms with Gasteiger partial charge < -0.3 is 5.32 Å². The molecule has 1 atom stereocenters. The fourth-order valence-corrected chi connectivity index (χ4v) is 2.85. The van der Waals surface area contributed by atoms with Gasteiger partial charge in [0, 0.05) is 10.5 Å². The molecule has 0 saturated carbocycles. The van der Waals surface area contributed by atoms with Crippen LogP contribution in [0.4, 0.5) is 4.39 Å². The maximum atomic E-state index is 13.8. The minimum absolute atomic E-state index is 0.0121. The Morgan fingerprint density at radius 2 is 1.95 bits per heavy atom. The Hall–Kier alpha value is -0.900. The van der Waals surface area contributed by atoms with Crippen LogP contribution in [0.3, 0.4) is 0 Å². The molecule has 1 N–H and O–H groups in total. The van der Waals surface area contributed by atoms with E-state index in [-0.39, 0.29) is 11.9 Å². The summed E-state index contributed by atoms with van der Waals surface area (Å²) in [4.78, 5) is 0. The van der Waals surface area contributed by atoms with Crippen LogP contribution in [-0.4, -0.2) is 6.54 Å². The second-order valence-electron chi connectivity index (χ2n) is 4.55. The lowest BCUT2D eigenvalue weighted by Crippen LogP contribution is -2.23. The second-order valence-corrected chi connectivity index (χ2v) is 5.78. The van der Waals surface area contributed by atoms with E-state index >= 15 is 0 Å². The van der Waals surface area contributed by atoms with Crippen molar-refractivity contribution < 1.29 is 4.39 Å². The molecule has 0 spiro atoms. The normalized spacial score (nSPS) is 12.4. The van der Waals surface area contributed by atoms with Crippen molar-refractivity contribution in [2.75, 3.05) is 6.54 Å². The monoisotopic (exact) mass is 355 g/mol. The van der Waals surface area contributed by atoms with Crippen molar-refractivity contribution in [2.45, 2.75) is 19.4 Å². The molecule has 106 valence electrons. The second kappa shape index (κ2) is 7.21. The molecule has 0 radical (unpaired) electrons. The van der Waals surface area contributed by atoms with Crippen molar-refractivity contribution in [3.05, 3.63) is 68.9 Å². The molecular formula is C16H16BrClFN. The smallest absolute Gasteiger partial charge is 0.126 e. The van der Waals surface area contributed by atoms with Crippen molar-refractivity contribution >= 4 is 27.5 Å². The average molecular weight is 357 g/mol. The third-order valence-electron chi connectivity index (χ3n) is 3.19. The average Bonchev–Trinajstić information content (AvgIpc) is 2.44. The molecule has 0 fully saturated rings.